The molecule has 104 valence electrons. The van der Waals surface area contributed by atoms with Gasteiger partial charge in [0.25, 0.3) is 0 Å². The van der Waals surface area contributed by atoms with Crippen molar-refractivity contribution in [1.29, 1.82) is 0 Å². The molecular formula is C14H21N3O2. The van der Waals surface area contributed by atoms with E-state index in [1.165, 1.54) is 31.9 Å². The normalized spacial score (nSPS) is 23.1. The summed E-state index contributed by atoms with van der Waals surface area (Å²) in [5, 5.41) is 12.1. The number of anilines is 1. The van der Waals surface area contributed by atoms with Crippen molar-refractivity contribution in [2.45, 2.75) is 39.5 Å². The van der Waals surface area contributed by atoms with E-state index in [0.29, 0.717) is 17.6 Å². The second-order valence-electron chi connectivity index (χ2n) is 5.52. The molecule has 1 aliphatic rings. The van der Waals surface area contributed by atoms with Crippen molar-refractivity contribution in [3.8, 4) is 0 Å². The number of aryl methyl sites for hydroxylation is 1. The number of carbonyl (C=O) groups is 1. The van der Waals surface area contributed by atoms with Crippen LogP contribution >= 0.6 is 0 Å². The summed E-state index contributed by atoms with van der Waals surface area (Å²) in [5.41, 5.74) is 0.666. The number of carboxylic acids is 1. The Balaban J connectivity index is 1.92. The lowest BCUT2D eigenvalue weighted by Gasteiger charge is -2.26. The van der Waals surface area contributed by atoms with Gasteiger partial charge in [0.1, 0.15) is 0 Å². The number of hydrogen-bond donors (Lipinski definition) is 2. The second-order valence-corrected chi connectivity index (χ2v) is 5.52. The summed E-state index contributed by atoms with van der Waals surface area (Å²) < 4.78 is 0. The Morgan fingerprint density at radius 1 is 1.53 bits per heavy atom. The van der Waals surface area contributed by atoms with Crippen LogP contribution < -0.4 is 5.32 Å². The predicted molar refractivity (Wildman–Crippen MR) is 73.3 cm³/mol. The quantitative estimate of drug-likeness (QED) is 0.873. The third kappa shape index (κ3) is 3.66. The minimum absolute atomic E-state index is 0.164. The van der Waals surface area contributed by atoms with E-state index in [0.717, 1.165) is 12.5 Å². The minimum Gasteiger partial charge on any atom is -0.478 e. The Kier molecular flexibility index (Phi) is 4.35. The van der Waals surface area contributed by atoms with Gasteiger partial charge in [-0.3, -0.25) is 0 Å². The fourth-order valence-corrected chi connectivity index (χ4v) is 2.74. The van der Waals surface area contributed by atoms with E-state index in [1.807, 2.05) is 0 Å². The molecule has 0 spiro atoms. The molecule has 1 aromatic rings. The maximum atomic E-state index is 10.9. The number of nitrogens with zero attached hydrogens (tertiary/aromatic N) is 2. The highest BCUT2D eigenvalue weighted by atomic mass is 16.4. The zero-order chi connectivity index (χ0) is 13.8. The molecule has 2 N–H and O–H groups in total. The number of rotatable bonds is 4. The van der Waals surface area contributed by atoms with E-state index in [-0.39, 0.29) is 5.56 Å². The Labute approximate surface area is 113 Å². The van der Waals surface area contributed by atoms with Crippen molar-refractivity contribution in [2.75, 3.05) is 11.9 Å². The Morgan fingerprint density at radius 2 is 2.32 bits per heavy atom. The number of nitrogens with one attached hydrogen (secondary N) is 1. The summed E-state index contributed by atoms with van der Waals surface area (Å²) in [4.78, 5) is 19.1. The molecular weight excluding hydrogens is 242 g/mol. The maximum Gasteiger partial charge on any atom is 0.339 e. The molecule has 2 unspecified atom stereocenters. The lowest BCUT2D eigenvalue weighted by atomic mass is 9.82. The van der Waals surface area contributed by atoms with Gasteiger partial charge in [0.15, 0.2) is 0 Å². The van der Waals surface area contributed by atoms with Gasteiger partial charge >= 0.3 is 5.97 Å². The molecule has 5 nitrogen and oxygen atoms in total. The average molecular weight is 263 g/mol. The summed E-state index contributed by atoms with van der Waals surface area (Å²) in [6, 6.07) is 0. The fraction of sp³-hybridized carbons (Fsp3) is 0.643. The first kappa shape index (κ1) is 13.8. The molecule has 5 heteroatoms. The maximum absolute atomic E-state index is 10.9. The molecule has 1 aliphatic carbocycles. The first-order valence-electron chi connectivity index (χ1n) is 6.87. The first-order valence-corrected chi connectivity index (χ1v) is 6.87. The second kappa shape index (κ2) is 5.99. The largest absolute Gasteiger partial charge is 0.478 e. The van der Waals surface area contributed by atoms with Gasteiger partial charge < -0.3 is 10.4 Å². The van der Waals surface area contributed by atoms with Gasteiger partial charge in [-0.1, -0.05) is 19.8 Å². The smallest absolute Gasteiger partial charge is 0.339 e. The molecule has 0 aliphatic heterocycles. The summed E-state index contributed by atoms with van der Waals surface area (Å²) in [6.45, 7) is 4.86. The van der Waals surface area contributed by atoms with Gasteiger partial charge in [-0.15, -0.1) is 0 Å². The van der Waals surface area contributed by atoms with Crippen molar-refractivity contribution in [3.63, 3.8) is 0 Å². The first-order chi connectivity index (χ1) is 9.06. The number of carboxylic acid groups (broad SMARTS) is 1. The van der Waals surface area contributed by atoms with E-state index in [1.54, 1.807) is 6.92 Å². The molecule has 1 heterocycles. The zero-order valence-corrected chi connectivity index (χ0v) is 11.5. The molecule has 0 amide bonds. The average Bonchev–Trinajstić information content (AvgIpc) is 2.36. The summed E-state index contributed by atoms with van der Waals surface area (Å²) >= 11 is 0. The molecule has 2 rings (SSSR count). The third-order valence-electron chi connectivity index (χ3n) is 3.80. The monoisotopic (exact) mass is 263 g/mol. The topological polar surface area (TPSA) is 75.1 Å². The van der Waals surface area contributed by atoms with Gasteiger partial charge in [-0.2, -0.15) is 0 Å². The highest BCUT2D eigenvalue weighted by Gasteiger charge is 2.19. The molecule has 2 atom stereocenters. The van der Waals surface area contributed by atoms with Crippen LogP contribution in [0.4, 0.5) is 5.95 Å². The van der Waals surface area contributed by atoms with Gasteiger partial charge in [0, 0.05) is 12.7 Å². The van der Waals surface area contributed by atoms with Crippen LogP contribution in [0.25, 0.3) is 0 Å². The highest BCUT2D eigenvalue weighted by molar-refractivity contribution is 5.88. The molecule has 0 bridgehead atoms. The third-order valence-corrected chi connectivity index (χ3v) is 3.80. The van der Waals surface area contributed by atoms with Crippen LogP contribution in [0.3, 0.4) is 0 Å². The van der Waals surface area contributed by atoms with Crippen molar-refractivity contribution in [1.82, 2.24) is 9.97 Å². The molecule has 0 radical (unpaired) electrons. The molecule has 1 fully saturated rings. The van der Waals surface area contributed by atoms with Crippen molar-refractivity contribution in [3.05, 3.63) is 17.5 Å². The SMILES string of the molecule is Cc1nc(NCC2CCCC(C)C2)ncc1C(=O)O. The van der Waals surface area contributed by atoms with Crippen LogP contribution in [-0.4, -0.2) is 27.6 Å². The van der Waals surface area contributed by atoms with E-state index >= 15 is 0 Å². The summed E-state index contributed by atoms with van der Waals surface area (Å²) in [5.74, 6) is 1.02. The number of aromatic nitrogens is 2. The van der Waals surface area contributed by atoms with Crippen LogP contribution in [0.15, 0.2) is 6.20 Å². The zero-order valence-electron chi connectivity index (χ0n) is 11.5. The molecule has 1 aromatic heterocycles. The summed E-state index contributed by atoms with van der Waals surface area (Å²) in [6.07, 6.45) is 6.50. The van der Waals surface area contributed by atoms with Crippen LogP contribution in [0.1, 0.15) is 48.7 Å². The van der Waals surface area contributed by atoms with Crippen LogP contribution in [-0.2, 0) is 0 Å². The highest BCUT2D eigenvalue weighted by Crippen LogP contribution is 2.28. The lowest BCUT2D eigenvalue weighted by Crippen LogP contribution is -2.22. The molecule has 1 saturated carbocycles. The van der Waals surface area contributed by atoms with Crippen LogP contribution in [0.5, 0.6) is 0 Å². The van der Waals surface area contributed by atoms with Crippen LogP contribution in [0, 0.1) is 18.8 Å². The Bertz CT molecular complexity index is 462. The Hall–Kier alpha value is -1.65. The molecule has 19 heavy (non-hydrogen) atoms. The summed E-state index contributed by atoms with van der Waals surface area (Å²) in [7, 11) is 0. The van der Waals surface area contributed by atoms with E-state index < -0.39 is 5.97 Å². The van der Waals surface area contributed by atoms with Gasteiger partial charge in [0.05, 0.1) is 11.3 Å². The minimum atomic E-state index is -0.981. The molecule has 0 aromatic carbocycles. The van der Waals surface area contributed by atoms with Gasteiger partial charge in [-0.25, -0.2) is 14.8 Å². The Morgan fingerprint density at radius 3 is 2.95 bits per heavy atom. The van der Waals surface area contributed by atoms with E-state index in [4.69, 9.17) is 5.11 Å². The van der Waals surface area contributed by atoms with Crippen LogP contribution in [0.2, 0.25) is 0 Å². The van der Waals surface area contributed by atoms with Gasteiger partial charge in [-0.05, 0) is 31.6 Å². The number of hydrogen-bond acceptors (Lipinski definition) is 4. The molecule has 0 saturated heterocycles. The van der Waals surface area contributed by atoms with Gasteiger partial charge in [0.2, 0.25) is 5.95 Å². The predicted octanol–water partition coefficient (Wildman–Crippen LogP) is 2.72. The van der Waals surface area contributed by atoms with E-state index in [2.05, 4.69) is 22.2 Å². The lowest BCUT2D eigenvalue weighted by molar-refractivity contribution is 0.0695. The van der Waals surface area contributed by atoms with E-state index in [9.17, 15) is 4.79 Å². The fourth-order valence-electron chi connectivity index (χ4n) is 2.74. The standard InChI is InChI=1S/C14H21N3O2/c1-9-4-3-5-11(6-9)7-15-14-16-8-12(13(18)19)10(2)17-14/h8-9,11H,3-7H2,1-2H3,(H,18,19)(H,15,16,17). The van der Waals surface area contributed by atoms with Crippen molar-refractivity contribution >= 4 is 11.9 Å². The van der Waals surface area contributed by atoms with Crippen molar-refractivity contribution < 1.29 is 9.90 Å². The van der Waals surface area contributed by atoms with Crippen molar-refractivity contribution in [2.24, 2.45) is 11.8 Å². The number of aromatic carboxylic acids is 1.